The molecule has 14 heteroatoms. The van der Waals surface area contributed by atoms with Crippen molar-refractivity contribution in [3.63, 3.8) is 0 Å². The molecule has 11 nitrogen and oxygen atoms in total. The molecule has 0 fully saturated rings. The van der Waals surface area contributed by atoms with Gasteiger partial charge in [-0.15, -0.1) is 0 Å². The van der Waals surface area contributed by atoms with E-state index in [4.69, 9.17) is 27.9 Å². The van der Waals surface area contributed by atoms with Crippen molar-refractivity contribution in [3.05, 3.63) is 92.0 Å². The number of halogens is 2. The fourth-order valence-electron chi connectivity index (χ4n) is 4.24. The first-order valence-corrected chi connectivity index (χ1v) is 15.8. The highest BCUT2D eigenvalue weighted by Crippen LogP contribution is 2.31. The third-order valence-electron chi connectivity index (χ3n) is 6.85. The van der Waals surface area contributed by atoms with Crippen LogP contribution in [0.3, 0.4) is 0 Å². The Morgan fingerprint density at radius 3 is 2.18 bits per heavy atom. The molecule has 0 saturated heterocycles. The van der Waals surface area contributed by atoms with Crippen molar-refractivity contribution < 1.29 is 27.7 Å². The molecule has 0 radical (unpaired) electrons. The quantitative estimate of drug-likeness (QED) is 0.185. The number of hydrogen-bond donors (Lipinski definition) is 1. The third kappa shape index (κ3) is 8.19. The van der Waals surface area contributed by atoms with Gasteiger partial charge >= 0.3 is 0 Å². The van der Waals surface area contributed by atoms with Crippen LogP contribution in [0.15, 0.2) is 65.6 Å². The predicted octanol–water partition coefficient (Wildman–Crippen LogP) is 5.60. The fourth-order valence-corrected chi connectivity index (χ4v) is 6.19. The molecule has 0 spiro atoms. The van der Waals surface area contributed by atoms with Gasteiger partial charge in [0.05, 0.1) is 22.6 Å². The Morgan fingerprint density at radius 1 is 1.02 bits per heavy atom. The van der Waals surface area contributed by atoms with Crippen LogP contribution in [0.5, 0.6) is 5.75 Å². The zero-order valence-corrected chi connectivity index (χ0v) is 27.2. The Hall–Kier alpha value is -3.87. The Kier molecular flexibility index (Phi) is 11.6. The topological polar surface area (TPSA) is 139 Å². The van der Waals surface area contributed by atoms with Crippen LogP contribution in [0.2, 0.25) is 10.0 Å². The van der Waals surface area contributed by atoms with E-state index in [1.807, 2.05) is 13.8 Å². The first-order valence-electron chi connectivity index (χ1n) is 13.6. The van der Waals surface area contributed by atoms with Gasteiger partial charge in [-0.1, -0.05) is 49.2 Å². The molecule has 3 aromatic rings. The fraction of sp³-hybridized carbons (Fsp3) is 0.333. The Labute approximate surface area is 266 Å². The molecular formula is C30H34Cl2N4O7S. The number of methoxy groups -OCH3 is 1. The molecule has 3 aromatic carbocycles. The molecule has 0 aliphatic rings. The number of nitro groups is 1. The molecule has 1 N–H and O–H groups in total. The molecule has 2 amide bonds. The van der Waals surface area contributed by atoms with Crippen LogP contribution in [-0.2, 0) is 26.2 Å². The maximum Gasteiger partial charge on any atom is 0.273 e. The minimum atomic E-state index is -4.54. The van der Waals surface area contributed by atoms with E-state index in [0.717, 1.165) is 10.4 Å². The molecular weight excluding hydrogens is 631 g/mol. The van der Waals surface area contributed by atoms with Crippen molar-refractivity contribution in [2.75, 3.05) is 24.5 Å². The average Bonchev–Trinajstić information content (AvgIpc) is 2.98. The van der Waals surface area contributed by atoms with Gasteiger partial charge in [0, 0.05) is 40.3 Å². The van der Waals surface area contributed by atoms with Crippen molar-refractivity contribution >= 4 is 56.4 Å². The number of anilines is 1. The lowest BCUT2D eigenvalue weighted by Gasteiger charge is -2.32. The molecule has 0 aliphatic carbocycles. The molecule has 0 aromatic heterocycles. The Morgan fingerprint density at radius 2 is 1.64 bits per heavy atom. The maximum atomic E-state index is 14.1. The summed E-state index contributed by atoms with van der Waals surface area (Å²) in [5, 5.41) is 14.9. The molecule has 1 atom stereocenters. The summed E-state index contributed by atoms with van der Waals surface area (Å²) in [5.74, 6) is -0.617. The Balaban J connectivity index is 2.11. The maximum absolute atomic E-state index is 14.1. The van der Waals surface area contributed by atoms with Crippen molar-refractivity contribution in [2.45, 2.75) is 45.2 Å². The highest BCUT2D eigenvalue weighted by atomic mass is 35.5. The van der Waals surface area contributed by atoms with Crippen molar-refractivity contribution in [3.8, 4) is 5.75 Å². The largest absolute Gasteiger partial charge is 0.497 e. The number of aryl methyl sites for hydroxylation is 1. The molecule has 0 bridgehead atoms. The second kappa shape index (κ2) is 14.7. The molecule has 0 heterocycles. The summed E-state index contributed by atoms with van der Waals surface area (Å²) >= 11 is 12.8. The van der Waals surface area contributed by atoms with Gasteiger partial charge in [0.15, 0.2) is 0 Å². The highest BCUT2D eigenvalue weighted by molar-refractivity contribution is 7.92. The van der Waals surface area contributed by atoms with Crippen molar-refractivity contribution in [1.29, 1.82) is 0 Å². The van der Waals surface area contributed by atoms with Gasteiger partial charge in [-0.25, -0.2) is 8.42 Å². The van der Waals surface area contributed by atoms with Crippen molar-refractivity contribution in [2.24, 2.45) is 5.92 Å². The van der Waals surface area contributed by atoms with Crippen LogP contribution >= 0.6 is 23.2 Å². The summed E-state index contributed by atoms with van der Waals surface area (Å²) in [6, 6.07) is 13.2. The zero-order valence-electron chi connectivity index (χ0n) is 24.9. The molecule has 3 rings (SSSR count). The second-order valence-corrected chi connectivity index (χ2v) is 13.1. The number of amides is 2. The number of ether oxygens (including phenoxy) is 1. The number of nitrogens with zero attached hydrogens (tertiary/aromatic N) is 3. The molecule has 0 aliphatic heterocycles. The molecule has 1 unspecified atom stereocenters. The number of carbonyl (C=O) groups is 2. The Bertz CT molecular complexity index is 1610. The SMILES string of the molecule is COc1ccc(N(CC(=O)N(Cc2c(Cl)cccc2Cl)C(C)C(=O)NCC(C)C)S(=O)(=O)c2ccc(C)c([N+](=O)[O-])c2)cc1. The first kappa shape index (κ1) is 34.6. The van der Waals surface area contributed by atoms with Crippen molar-refractivity contribution in [1.82, 2.24) is 10.2 Å². The first-order chi connectivity index (χ1) is 20.7. The molecule has 0 saturated carbocycles. The van der Waals surface area contributed by atoms with Gasteiger partial charge in [-0.2, -0.15) is 0 Å². The number of hydrogen-bond acceptors (Lipinski definition) is 7. The van der Waals surface area contributed by atoms with E-state index in [-0.39, 0.29) is 38.7 Å². The lowest BCUT2D eigenvalue weighted by molar-refractivity contribution is -0.385. The van der Waals surface area contributed by atoms with E-state index < -0.39 is 45.0 Å². The van der Waals surface area contributed by atoms with Gasteiger partial charge in [-0.05, 0) is 62.2 Å². The summed E-state index contributed by atoms with van der Waals surface area (Å²) in [7, 11) is -3.10. The van der Waals surface area contributed by atoms with Crippen LogP contribution in [0, 0.1) is 23.0 Å². The summed E-state index contributed by atoms with van der Waals surface area (Å²) in [5.41, 5.74) is 0.346. The van der Waals surface area contributed by atoms with Gasteiger partial charge in [0.2, 0.25) is 11.8 Å². The summed E-state index contributed by atoms with van der Waals surface area (Å²) in [6.45, 7) is 6.27. The lowest BCUT2D eigenvalue weighted by Crippen LogP contribution is -2.51. The number of rotatable bonds is 13. The second-order valence-electron chi connectivity index (χ2n) is 10.5. The highest BCUT2D eigenvalue weighted by Gasteiger charge is 2.34. The van der Waals surface area contributed by atoms with E-state index in [1.54, 1.807) is 18.2 Å². The van der Waals surface area contributed by atoms with Crippen LogP contribution in [0.4, 0.5) is 11.4 Å². The predicted molar refractivity (Wildman–Crippen MR) is 170 cm³/mol. The van der Waals surface area contributed by atoms with E-state index in [1.165, 1.54) is 62.3 Å². The number of benzene rings is 3. The summed E-state index contributed by atoms with van der Waals surface area (Å²) in [6.07, 6.45) is 0. The average molecular weight is 666 g/mol. The van der Waals surface area contributed by atoms with Crippen LogP contribution in [0.25, 0.3) is 0 Å². The van der Waals surface area contributed by atoms with E-state index in [0.29, 0.717) is 17.9 Å². The normalized spacial score (nSPS) is 12.0. The lowest BCUT2D eigenvalue weighted by atomic mass is 10.1. The number of nitro benzene ring substituents is 1. The van der Waals surface area contributed by atoms with E-state index in [2.05, 4.69) is 5.32 Å². The standard InChI is InChI=1S/C30H34Cl2N4O7S/c1-19(2)16-33-30(38)21(4)34(17-25-26(31)7-6-8-27(25)32)29(37)18-35(22-10-12-23(43-5)13-11-22)44(41,42)24-14-9-20(3)28(15-24)36(39)40/h6-15,19,21H,16-18H2,1-5H3,(H,33,38). The smallest absolute Gasteiger partial charge is 0.273 e. The van der Waals surface area contributed by atoms with Gasteiger partial charge in [0.25, 0.3) is 15.7 Å². The van der Waals surface area contributed by atoms with Crippen LogP contribution < -0.4 is 14.4 Å². The van der Waals surface area contributed by atoms with Gasteiger partial charge in [-0.3, -0.25) is 24.0 Å². The van der Waals surface area contributed by atoms with Crippen LogP contribution in [-0.4, -0.2) is 56.3 Å². The van der Waals surface area contributed by atoms with Crippen LogP contribution in [0.1, 0.15) is 31.9 Å². The number of sulfonamides is 1. The zero-order chi connectivity index (χ0) is 32.8. The molecule has 44 heavy (non-hydrogen) atoms. The summed E-state index contributed by atoms with van der Waals surface area (Å²) < 4.78 is 34.1. The number of nitrogens with one attached hydrogen (secondary N) is 1. The monoisotopic (exact) mass is 664 g/mol. The molecule has 236 valence electrons. The minimum Gasteiger partial charge on any atom is -0.497 e. The van der Waals surface area contributed by atoms with Gasteiger partial charge < -0.3 is 15.0 Å². The third-order valence-corrected chi connectivity index (χ3v) is 9.32. The van der Waals surface area contributed by atoms with Gasteiger partial charge in [0.1, 0.15) is 18.3 Å². The van der Waals surface area contributed by atoms with E-state index in [9.17, 15) is 28.1 Å². The number of carbonyl (C=O) groups excluding carboxylic acids is 2. The van der Waals surface area contributed by atoms with E-state index >= 15 is 0 Å². The minimum absolute atomic E-state index is 0.0926. The summed E-state index contributed by atoms with van der Waals surface area (Å²) in [4.78, 5) is 39.0.